The first-order chi connectivity index (χ1) is 20.3. The monoisotopic (exact) mass is 748 g/mol. The molecule has 0 saturated carbocycles. The molecule has 0 aliphatic heterocycles. The van der Waals surface area contributed by atoms with Crippen molar-refractivity contribution in [1.82, 2.24) is 29.2 Å². The maximum absolute atomic E-state index is 14.0. The van der Waals surface area contributed by atoms with E-state index in [0.29, 0.717) is 38.2 Å². The first-order valence-electron chi connectivity index (χ1n) is 13.5. The Kier molecular flexibility index (Phi) is 13.2. The van der Waals surface area contributed by atoms with Gasteiger partial charge in [0.25, 0.3) is 11.5 Å². The Morgan fingerprint density at radius 3 is 2.30 bits per heavy atom. The van der Waals surface area contributed by atoms with Crippen LogP contribution in [0.25, 0.3) is 15.2 Å². The molecule has 0 atom stereocenters. The molecule has 3 aromatic heterocycles. The van der Waals surface area contributed by atoms with Crippen LogP contribution in [0.1, 0.15) is 45.2 Å². The molecule has 0 aliphatic rings. The molecule has 3 N–H and O–H groups in total. The maximum Gasteiger partial charge on any atom is 0.333 e. The summed E-state index contributed by atoms with van der Waals surface area (Å²) in [6.07, 6.45) is 3.69. The number of carbonyl (C=O) groups excluding carboxylic acids is 1. The summed E-state index contributed by atoms with van der Waals surface area (Å²) < 4.78 is 21.6. The Bertz CT molecular complexity index is 1680. The van der Waals surface area contributed by atoms with Crippen molar-refractivity contribution in [3.63, 3.8) is 0 Å². The highest BCUT2D eigenvalue weighted by molar-refractivity contribution is 14.0. The number of hydrogen-bond acceptors (Lipinski definition) is 10. The summed E-state index contributed by atoms with van der Waals surface area (Å²) >= 11 is 1.16. The number of amides is 1. The Balaban J connectivity index is 0.00000104. The third kappa shape index (κ3) is 7.53. The molecular weight excluding hydrogens is 710 g/mol. The number of hydrogen-bond donors (Lipinski definition) is 3. The quantitative estimate of drug-likeness (QED) is 0.126. The van der Waals surface area contributed by atoms with Crippen molar-refractivity contribution >= 4 is 51.4 Å². The molecule has 4 aromatic rings. The highest BCUT2D eigenvalue weighted by Gasteiger charge is 2.39. The number of ether oxygens (including phenoxy) is 1. The molecule has 4 rings (SSSR count). The number of nitrogens with zero attached hydrogens (tertiary/aromatic N) is 6. The molecule has 13 nitrogen and oxygen atoms in total. The number of benzene rings is 1. The number of aryl methyl sites for hydroxylation is 3. The van der Waals surface area contributed by atoms with Crippen LogP contribution in [0, 0.1) is 12.7 Å². The molecule has 242 valence electrons. The predicted molar refractivity (Wildman–Crippen MR) is 174 cm³/mol. The van der Waals surface area contributed by atoms with Crippen LogP contribution in [0.15, 0.2) is 40.2 Å². The van der Waals surface area contributed by atoms with Gasteiger partial charge in [-0.2, -0.15) is 10.2 Å². The minimum Gasteiger partial charge on any atom is -0.496 e. The summed E-state index contributed by atoms with van der Waals surface area (Å²) in [6, 6.07) is 3.53. The van der Waals surface area contributed by atoms with Gasteiger partial charge in [0.05, 0.1) is 30.9 Å². The number of hydroxylamine groups is 2. The first-order valence-corrected chi connectivity index (χ1v) is 14.4. The fourth-order valence-electron chi connectivity index (χ4n) is 4.39. The van der Waals surface area contributed by atoms with E-state index in [0.717, 1.165) is 15.9 Å². The van der Waals surface area contributed by atoms with Gasteiger partial charge in [-0.3, -0.25) is 19.4 Å². The number of fused-ring (bicyclic) bond motifs is 1. The normalized spacial score (nSPS) is 11.2. The standard InChI is InChI=1S/C25H29FN6O5S.C3H8O2.HI/c1-14(2)31(36)23(34)25(4,5)30-20(33)19-15(3)21(32-27-10-11-28-32)38-22(19)29(24(30)35)12-9-16-13-17(26)7-8-18(16)37-6;4-2-1-3-5;/h7-8,10-11,13-14,36H,9,12H2,1-6H3;4-5H,1-3H2;1H. The van der Waals surface area contributed by atoms with Crippen molar-refractivity contribution in [2.75, 3.05) is 20.3 Å². The minimum atomic E-state index is -1.72. The number of aromatic nitrogens is 5. The van der Waals surface area contributed by atoms with E-state index in [1.165, 1.54) is 60.9 Å². The summed E-state index contributed by atoms with van der Waals surface area (Å²) in [5, 5.41) is 35.8. The number of carbonyl (C=O) groups is 1. The van der Waals surface area contributed by atoms with E-state index in [4.69, 9.17) is 14.9 Å². The molecule has 0 saturated heterocycles. The van der Waals surface area contributed by atoms with Gasteiger partial charge in [0.2, 0.25) is 0 Å². The van der Waals surface area contributed by atoms with Crippen LogP contribution in [0.3, 0.4) is 0 Å². The summed E-state index contributed by atoms with van der Waals surface area (Å²) in [5.41, 5.74) is -2.07. The van der Waals surface area contributed by atoms with Crippen molar-refractivity contribution in [1.29, 1.82) is 0 Å². The fraction of sp³-hybridized carbons (Fsp3) is 0.464. The molecule has 0 aliphatic carbocycles. The zero-order chi connectivity index (χ0) is 32.1. The molecule has 3 heterocycles. The number of aliphatic hydroxyl groups is 2. The summed E-state index contributed by atoms with van der Waals surface area (Å²) in [5.74, 6) is -0.812. The second-order valence-corrected chi connectivity index (χ2v) is 11.4. The van der Waals surface area contributed by atoms with Crippen LogP contribution in [0.4, 0.5) is 4.39 Å². The number of halogens is 2. The van der Waals surface area contributed by atoms with E-state index in [1.807, 2.05) is 0 Å². The molecular formula is C28H38FIN6O7S. The third-order valence-electron chi connectivity index (χ3n) is 6.73. The van der Waals surface area contributed by atoms with Crippen LogP contribution in [0.2, 0.25) is 0 Å². The van der Waals surface area contributed by atoms with Crippen LogP contribution in [-0.4, -0.2) is 76.9 Å². The molecule has 0 fully saturated rings. The highest BCUT2D eigenvalue weighted by atomic mass is 127. The van der Waals surface area contributed by atoms with Gasteiger partial charge in [-0.05, 0) is 71.2 Å². The fourth-order valence-corrected chi connectivity index (χ4v) is 5.63. The van der Waals surface area contributed by atoms with Crippen molar-refractivity contribution in [2.24, 2.45) is 0 Å². The number of aliphatic hydroxyl groups excluding tert-OH is 2. The lowest BCUT2D eigenvalue weighted by Gasteiger charge is -2.31. The van der Waals surface area contributed by atoms with Gasteiger partial charge < -0.3 is 14.9 Å². The average Bonchev–Trinajstić information content (AvgIpc) is 3.61. The van der Waals surface area contributed by atoms with Gasteiger partial charge in [-0.1, -0.05) is 11.3 Å². The lowest BCUT2D eigenvalue weighted by atomic mass is 10.0. The van der Waals surface area contributed by atoms with Crippen LogP contribution in [0.5, 0.6) is 5.75 Å². The number of rotatable bonds is 10. The summed E-state index contributed by atoms with van der Waals surface area (Å²) in [4.78, 5) is 42.7. The zero-order valence-corrected chi connectivity index (χ0v) is 28.5. The smallest absolute Gasteiger partial charge is 0.333 e. The molecule has 0 bridgehead atoms. The third-order valence-corrected chi connectivity index (χ3v) is 8.01. The molecule has 0 spiro atoms. The highest BCUT2D eigenvalue weighted by Crippen LogP contribution is 2.31. The van der Waals surface area contributed by atoms with E-state index in [2.05, 4.69) is 10.2 Å². The zero-order valence-electron chi connectivity index (χ0n) is 25.4. The van der Waals surface area contributed by atoms with Crippen molar-refractivity contribution in [2.45, 2.75) is 65.6 Å². The van der Waals surface area contributed by atoms with Gasteiger partial charge in [0.1, 0.15) is 26.9 Å². The predicted octanol–water partition coefficient (Wildman–Crippen LogP) is 2.84. The van der Waals surface area contributed by atoms with Crippen molar-refractivity contribution in [3.8, 4) is 10.8 Å². The Morgan fingerprint density at radius 2 is 1.77 bits per heavy atom. The van der Waals surface area contributed by atoms with Crippen molar-refractivity contribution < 1.29 is 29.3 Å². The summed E-state index contributed by atoms with van der Waals surface area (Å²) in [7, 11) is 1.47. The van der Waals surface area contributed by atoms with E-state index < -0.39 is 34.6 Å². The number of methoxy groups -OCH3 is 1. The second kappa shape index (κ2) is 15.7. The molecule has 1 amide bonds. The largest absolute Gasteiger partial charge is 0.496 e. The lowest BCUT2D eigenvalue weighted by Crippen LogP contribution is -2.57. The van der Waals surface area contributed by atoms with Crippen molar-refractivity contribution in [3.05, 3.63) is 68.4 Å². The van der Waals surface area contributed by atoms with Crippen LogP contribution >= 0.6 is 35.3 Å². The lowest BCUT2D eigenvalue weighted by molar-refractivity contribution is -0.182. The summed E-state index contributed by atoms with van der Waals surface area (Å²) in [6.45, 7) is 8.00. The van der Waals surface area contributed by atoms with Gasteiger partial charge >= 0.3 is 5.69 Å². The van der Waals surface area contributed by atoms with Crippen LogP contribution < -0.4 is 16.0 Å². The molecule has 44 heavy (non-hydrogen) atoms. The SMILES string of the molecule is COc1ccc(F)cc1CCn1c(=O)n(C(C)(C)C(=O)N(O)C(C)C)c(=O)c2c(C)c(-n3nccn3)sc21.I.OCCCO. The van der Waals surface area contributed by atoms with E-state index >= 15 is 0 Å². The van der Waals surface area contributed by atoms with E-state index in [9.17, 15) is 24.0 Å². The minimum absolute atomic E-state index is 0. The number of thiophene rings is 1. The average molecular weight is 749 g/mol. The molecule has 0 radical (unpaired) electrons. The molecule has 1 aromatic carbocycles. The Hall–Kier alpha value is -3.19. The van der Waals surface area contributed by atoms with E-state index in [1.54, 1.807) is 20.8 Å². The van der Waals surface area contributed by atoms with Gasteiger partial charge in [0.15, 0.2) is 0 Å². The molecule has 0 unspecified atom stereocenters. The van der Waals surface area contributed by atoms with Gasteiger partial charge in [0, 0.05) is 25.3 Å². The second-order valence-electron chi connectivity index (χ2n) is 10.4. The maximum atomic E-state index is 14.0. The van der Waals surface area contributed by atoms with Crippen LogP contribution in [-0.2, 0) is 23.3 Å². The van der Waals surface area contributed by atoms with Gasteiger partial charge in [-0.15, -0.1) is 28.8 Å². The van der Waals surface area contributed by atoms with Gasteiger partial charge in [-0.25, -0.2) is 18.8 Å². The van der Waals surface area contributed by atoms with E-state index in [-0.39, 0.29) is 55.5 Å². The Morgan fingerprint density at radius 1 is 1.16 bits per heavy atom. The Labute approximate surface area is 274 Å². The molecule has 16 heteroatoms. The first kappa shape index (κ1) is 37.0. The topological polar surface area (TPSA) is 165 Å².